The molecular formula is C20H22O7. The number of esters is 2. The molecule has 27 heavy (non-hydrogen) atoms. The van der Waals surface area contributed by atoms with Crippen LogP contribution in [-0.4, -0.2) is 47.2 Å². The lowest BCUT2D eigenvalue weighted by atomic mass is 9.64. The summed E-state index contributed by atoms with van der Waals surface area (Å²) in [5.41, 5.74) is 1.06. The predicted octanol–water partition coefficient (Wildman–Crippen LogP) is 1.66. The molecule has 5 rings (SSSR count). The summed E-state index contributed by atoms with van der Waals surface area (Å²) in [6, 6.07) is 0. The van der Waals surface area contributed by atoms with Crippen LogP contribution >= 0.6 is 0 Å². The van der Waals surface area contributed by atoms with Crippen molar-refractivity contribution in [1.29, 1.82) is 0 Å². The highest BCUT2D eigenvalue weighted by atomic mass is 16.6. The average Bonchev–Trinajstić information content (AvgIpc) is 3.27. The Kier molecular flexibility index (Phi) is 3.44. The minimum atomic E-state index is -1.26. The number of ether oxygens (including phenoxy) is 4. The summed E-state index contributed by atoms with van der Waals surface area (Å²) >= 11 is 0. The molecule has 0 saturated carbocycles. The molecule has 0 aromatic rings. The first-order valence-electron chi connectivity index (χ1n) is 9.36. The number of carbonyl (C=O) groups excluding carboxylic acids is 2. The van der Waals surface area contributed by atoms with Crippen LogP contribution in [0.1, 0.15) is 39.5 Å². The zero-order valence-electron chi connectivity index (χ0n) is 15.3. The van der Waals surface area contributed by atoms with E-state index in [1.165, 1.54) is 6.08 Å². The molecule has 0 radical (unpaired) electrons. The van der Waals surface area contributed by atoms with Gasteiger partial charge in [-0.05, 0) is 32.3 Å². The van der Waals surface area contributed by atoms with Gasteiger partial charge in [-0.1, -0.05) is 6.08 Å². The fraction of sp³-hybridized carbons (Fsp3) is 0.600. The van der Waals surface area contributed by atoms with Crippen LogP contribution in [0, 0.1) is 5.41 Å². The quantitative estimate of drug-likeness (QED) is 0.735. The molecule has 0 amide bonds. The van der Waals surface area contributed by atoms with E-state index < -0.39 is 29.4 Å². The van der Waals surface area contributed by atoms with Gasteiger partial charge in [0.25, 0.3) is 0 Å². The summed E-state index contributed by atoms with van der Waals surface area (Å²) in [7, 11) is 0. The van der Waals surface area contributed by atoms with Gasteiger partial charge in [-0.3, -0.25) is 0 Å². The van der Waals surface area contributed by atoms with Gasteiger partial charge in [0.2, 0.25) is 6.29 Å². The van der Waals surface area contributed by atoms with Crippen molar-refractivity contribution in [2.75, 3.05) is 0 Å². The molecule has 0 aromatic carbocycles. The van der Waals surface area contributed by atoms with Gasteiger partial charge in [-0.2, -0.15) is 0 Å². The van der Waals surface area contributed by atoms with E-state index in [1.54, 1.807) is 6.26 Å². The lowest BCUT2D eigenvalue weighted by Gasteiger charge is -2.51. The molecule has 5 aliphatic rings. The van der Waals surface area contributed by atoms with Crippen LogP contribution in [0.25, 0.3) is 0 Å². The van der Waals surface area contributed by atoms with Crippen molar-refractivity contribution in [1.82, 2.24) is 0 Å². The lowest BCUT2D eigenvalue weighted by molar-refractivity contribution is -0.190. The van der Waals surface area contributed by atoms with Gasteiger partial charge in [0.15, 0.2) is 0 Å². The first-order valence-corrected chi connectivity index (χ1v) is 9.36. The highest BCUT2D eigenvalue weighted by molar-refractivity contribution is 5.93. The minimum Gasteiger partial charge on any atom is -0.493 e. The van der Waals surface area contributed by atoms with Gasteiger partial charge < -0.3 is 24.1 Å². The van der Waals surface area contributed by atoms with E-state index in [9.17, 15) is 14.7 Å². The van der Waals surface area contributed by atoms with Gasteiger partial charge in [0.1, 0.15) is 12.2 Å². The zero-order chi connectivity index (χ0) is 19.0. The van der Waals surface area contributed by atoms with Gasteiger partial charge in [-0.15, -0.1) is 0 Å². The number of hydrogen-bond donors (Lipinski definition) is 1. The Morgan fingerprint density at radius 2 is 2.00 bits per heavy atom. The number of hydrogen-bond acceptors (Lipinski definition) is 7. The zero-order valence-corrected chi connectivity index (χ0v) is 15.3. The molecule has 1 aliphatic carbocycles. The molecular weight excluding hydrogens is 352 g/mol. The number of aliphatic hydroxyl groups excluding tert-OH is 1. The van der Waals surface area contributed by atoms with E-state index in [0.29, 0.717) is 18.4 Å². The molecule has 144 valence electrons. The van der Waals surface area contributed by atoms with Crippen molar-refractivity contribution < 1.29 is 33.6 Å². The first kappa shape index (κ1) is 17.0. The fourth-order valence-electron chi connectivity index (χ4n) is 5.10. The van der Waals surface area contributed by atoms with Crippen molar-refractivity contribution in [3.8, 4) is 0 Å². The Balaban J connectivity index is 1.39. The van der Waals surface area contributed by atoms with E-state index in [0.717, 1.165) is 24.0 Å². The SMILES string of the molecule is C[C@@]12C3=CCC[C@@H]1O[C@](C)(C1=CO[C@H](C4=CC(=O)O[C@@H]4O)C1)C[C@@H]2OC3=O. The van der Waals surface area contributed by atoms with E-state index in [1.807, 2.05) is 13.0 Å². The predicted molar refractivity (Wildman–Crippen MR) is 91.0 cm³/mol. The third-order valence-corrected chi connectivity index (χ3v) is 6.77. The molecule has 6 atom stereocenters. The Bertz CT molecular complexity index is 824. The molecule has 4 heterocycles. The molecule has 7 nitrogen and oxygen atoms in total. The van der Waals surface area contributed by atoms with Crippen molar-refractivity contribution in [2.24, 2.45) is 5.41 Å². The minimum absolute atomic E-state index is 0.103. The Hall–Kier alpha value is -2.12. The number of carbonyl (C=O) groups is 2. The van der Waals surface area contributed by atoms with E-state index >= 15 is 0 Å². The first-order chi connectivity index (χ1) is 12.8. The molecule has 0 aromatic heterocycles. The van der Waals surface area contributed by atoms with Crippen LogP contribution in [0.3, 0.4) is 0 Å². The third kappa shape index (κ3) is 2.28. The second-order valence-electron chi connectivity index (χ2n) is 8.32. The van der Waals surface area contributed by atoms with E-state index in [2.05, 4.69) is 6.92 Å². The second-order valence-corrected chi connectivity index (χ2v) is 8.32. The van der Waals surface area contributed by atoms with Gasteiger partial charge in [-0.25, -0.2) is 9.59 Å². The van der Waals surface area contributed by atoms with Crippen LogP contribution in [0.5, 0.6) is 0 Å². The summed E-state index contributed by atoms with van der Waals surface area (Å²) in [5.74, 6) is -0.797. The van der Waals surface area contributed by atoms with Gasteiger partial charge >= 0.3 is 11.9 Å². The number of cyclic esters (lactones) is 1. The van der Waals surface area contributed by atoms with Crippen molar-refractivity contribution in [2.45, 2.75) is 69.7 Å². The molecule has 4 aliphatic heterocycles. The maximum Gasteiger partial charge on any atom is 0.334 e. The van der Waals surface area contributed by atoms with Crippen LogP contribution in [0.2, 0.25) is 0 Å². The van der Waals surface area contributed by atoms with Crippen LogP contribution in [0.15, 0.2) is 35.1 Å². The van der Waals surface area contributed by atoms with Gasteiger partial charge in [0, 0.05) is 30.1 Å². The molecule has 2 fully saturated rings. The molecule has 0 spiro atoms. The topological polar surface area (TPSA) is 91.3 Å². The third-order valence-electron chi connectivity index (χ3n) is 6.77. The standard InChI is InChI=1S/C20H22O7/c1-19(10-6-13(24-9-10)11-7-16(21)26-17(11)22)8-15-20(2)12(18(23)25-15)4-3-5-14(20)27-19/h4,7,9,13-15,17,22H,3,5-6,8H2,1-2H3/t13-,14-,15-,17-,19-,20+/m0/s1. The second kappa shape index (κ2) is 5.45. The van der Waals surface area contributed by atoms with Crippen molar-refractivity contribution >= 4 is 11.9 Å². The maximum absolute atomic E-state index is 12.3. The van der Waals surface area contributed by atoms with Crippen LogP contribution in [-0.2, 0) is 28.5 Å². The fourth-order valence-corrected chi connectivity index (χ4v) is 5.10. The van der Waals surface area contributed by atoms with E-state index in [-0.39, 0.29) is 18.2 Å². The smallest absolute Gasteiger partial charge is 0.334 e. The number of allylic oxidation sites excluding steroid dienone is 1. The average molecular weight is 374 g/mol. The number of aliphatic hydroxyl groups is 1. The summed E-state index contributed by atoms with van der Waals surface area (Å²) in [6.45, 7) is 4.05. The van der Waals surface area contributed by atoms with Crippen molar-refractivity contribution in [3.63, 3.8) is 0 Å². The van der Waals surface area contributed by atoms with Crippen LogP contribution in [0.4, 0.5) is 0 Å². The Morgan fingerprint density at radius 3 is 2.74 bits per heavy atom. The molecule has 1 N–H and O–H groups in total. The lowest BCUT2D eigenvalue weighted by Crippen LogP contribution is -2.56. The monoisotopic (exact) mass is 374 g/mol. The molecule has 0 unspecified atom stereocenters. The summed E-state index contributed by atoms with van der Waals surface area (Å²) in [6.07, 6.45) is 5.54. The highest BCUT2D eigenvalue weighted by Crippen LogP contribution is 2.57. The molecule has 0 bridgehead atoms. The normalized spacial score (nSPS) is 45.4. The maximum atomic E-state index is 12.3. The Morgan fingerprint density at radius 1 is 1.19 bits per heavy atom. The molecule has 7 heteroatoms. The van der Waals surface area contributed by atoms with Crippen molar-refractivity contribution in [3.05, 3.63) is 35.1 Å². The highest BCUT2D eigenvalue weighted by Gasteiger charge is 2.62. The van der Waals surface area contributed by atoms with Crippen LogP contribution < -0.4 is 0 Å². The Labute approximate surface area is 156 Å². The summed E-state index contributed by atoms with van der Waals surface area (Å²) in [4.78, 5) is 23.7. The van der Waals surface area contributed by atoms with E-state index in [4.69, 9.17) is 18.9 Å². The number of rotatable bonds is 2. The largest absolute Gasteiger partial charge is 0.493 e. The summed E-state index contributed by atoms with van der Waals surface area (Å²) < 4.78 is 22.8. The summed E-state index contributed by atoms with van der Waals surface area (Å²) in [5, 5.41) is 9.87. The molecule has 2 saturated heterocycles. The van der Waals surface area contributed by atoms with Gasteiger partial charge in [0.05, 0.1) is 23.4 Å².